The van der Waals surface area contributed by atoms with Gasteiger partial charge in [0.15, 0.2) is 6.61 Å². The normalized spacial score (nSPS) is 21.2. The first kappa shape index (κ1) is 27.3. The maximum Gasteiger partial charge on any atom is 0.338 e. The van der Waals surface area contributed by atoms with Crippen molar-refractivity contribution in [1.29, 1.82) is 0 Å². The van der Waals surface area contributed by atoms with Crippen LogP contribution in [0.25, 0.3) is 0 Å². The number of hydrogen-bond donors (Lipinski definition) is 1. The molecule has 4 aromatic carbocycles. The van der Waals surface area contributed by atoms with Crippen molar-refractivity contribution in [2.75, 3.05) is 16.8 Å². The summed E-state index contributed by atoms with van der Waals surface area (Å²) in [6, 6.07) is 26.1. The average Bonchev–Trinajstić information content (AvgIpc) is 3.30. The van der Waals surface area contributed by atoms with Gasteiger partial charge in [0.2, 0.25) is 11.8 Å². The third-order valence-electron chi connectivity index (χ3n) is 9.12. The molecule has 43 heavy (non-hydrogen) atoms. The SMILES string of the molecule is Cc1c(Br)ccc(NC(=O)COC(=O)c2cccc(N3C(=O)[C@@H]4C5c6ccccc6C(c6ccccc65)[C@H]4C3=O)c2)c1C. The van der Waals surface area contributed by atoms with Crippen LogP contribution in [0.4, 0.5) is 11.4 Å². The van der Waals surface area contributed by atoms with Gasteiger partial charge in [-0.2, -0.15) is 0 Å². The molecular weight excluding hydrogens is 608 g/mol. The van der Waals surface area contributed by atoms with Crippen LogP contribution in [-0.4, -0.2) is 30.3 Å². The van der Waals surface area contributed by atoms with E-state index in [9.17, 15) is 19.2 Å². The number of esters is 1. The molecule has 8 heteroatoms. The molecule has 4 aliphatic rings. The largest absolute Gasteiger partial charge is 0.452 e. The summed E-state index contributed by atoms with van der Waals surface area (Å²) in [6.45, 7) is 3.35. The van der Waals surface area contributed by atoms with E-state index in [2.05, 4.69) is 45.5 Å². The molecule has 0 aromatic heterocycles. The minimum atomic E-state index is -0.725. The number of ether oxygens (including phenoxy) is 1. The Bertz CT molecular complexity index is 1750. The van der Waals surface area contributed by atoms with E-state index in [1.165, 1.54) is 11.0 Å². The lowest BCUT2D eigenvalue weighted by Gasteiger charge is -2.45. The molecule has 3 aliphatic carbocycles. The monoisotopic (exact) mass is 634 g/mol. The van der Waals surface area contributed by atoms with Crippen molar-refractivity contribution in [1.82, 2.24) is 0 Å². The van der Waals surface area contributed by atoms with Gasteiger partial charge >= 0.3 is 5.97 Å². The summed E-state index contributed by atoms with van der Waals surface area (Å²) in [5.41, 5.74) is 7.38. The topological polar surface area (TPSA) is 92.8 Å². The molecule has 214 valence electrons. The Morgan fingerprint density at radius 1 is 0.767 bits per heavy atom. The Morgan fingerprint density at radius 3 is 1.88 bits per heavy atom. The average molecular weight is 636 g/mol. The molecule has 1 heterocycles. The van der Waals surface area contributed by atoms with Gasteiger partial charge in [-0.15, -0.1) is 0 Å². The van der Waals surface area contributed by atoms with E-state index >= 15 is 0 Å². The molecule has 8 rings (SSSR count). The fraction of sp³-hybridized carbons (Fsp3) is 0.200. The van der Waals surface area contributed by atoms with Crippen LogP contribution in [-0.2, 0) is 19.1 Å². The Balaban J connectivity index is 1.12. The van der Waals surface area contributed by atoms with Crippen molar-refractivity contribution in [3.63, 3.8) is 0 Å². The molecule has 1 saturated heterocycles. The minimum Gasteiger partial charge on any atom is -0.452 e. The van der Waals surface area contributed by atoms with Gasteiger partial charge < -0.3 is 10.1 Å². The number of nitrogens with zero attached hydrogens (tertiary/aromatic N) is 1. The number of amides is 3. The number of halogens is 1. The summed E-state index contributed by atoms with van der Waals surface area (Å²) in [5.74, 6) is -3.20. The van der Waals surface area contributed by atoms with E-state index in [4.69, 9.17) is 4.74 Å². The van der Waals surface area contributed by atoms with Gasteiger partial charge in [-0.3, -0.25) is 14.4 Å². The third-order valence-corrected chi connectivity index (χ3v) is 9.98. The lowest BCUT2D eigenvalue weighted by molar-refractivity contribution is -0.122. The number of hydrogen-bond acceptors (Lipinski definition) is 5. The highest BCUT2D eigenvalue weighted by Crippen LogP contribution is 2.61. The van der Waals surface area contributed by atoms with Crippen molar-refractivity contribution in [3.05, 3.63) is 128 Å². The first-order valence-corrected chi connectivity index (χ1v) is 14.9. The van der Waals surface area contributed by atoms with Crippen LogP contribution in [0.2, 0.25) is 0 Å². The molecule has 2 atom stereocenters. The first-order valence-electron chi connectivity index (χ1n) is 14.1. The van der Waals surface area contributed by atoms with Crippen molar-refractivity contribution in [2.45, 2.75) is 25.7 Å². The van der Waals surface area contributed by atoms with E-state index in [1.807, 2.05) is 44.2 Å². The van der Waals surface area contributed by atoms with Crippen LogP contribution in [0.5, 0.6) is 0 Å². The molecule has 4 aromatic rings. The van der Waals surface area contributed by atoms with Gasteiger partial charge in [0.05, 0.1) is 23.1 Å². The Kier molecular flexibility index (Phi) is 6.54. The van der Waals surface area contributed by atoms with Gasteiger partial charge in [-0.1, -0.05) is 70.5 Å². The van der Waals surface area contributed by atoms with Crippen LogP contribution >= 0.6 is 15.9 Å². The molecule has 7 nitrogen and oxygen atoms in total. The van der Waals surface area contributed by atoms with Gasteiger partial charge in [0.25, 0.3) is 5.91 Å². The maximum atomic E-state index is 14.0. The summed E-state index contributed by atoms with van der Waals surface area (Å²) in [7, 11) is 0. The maximum absolute atomic E-state index is 14.0. The lowest BCUT2D eigenvalue weighted by Crippen LogP contribution is -2.41. The first-order chi connectivity index (χ1) is 20.8. The van der Waals surface area contributed by atoms with Crippen LogP contribution in [0, 0.1) is 25.7 Å². The molecule has 3 amide bonds. The Hall–Kier alpha value is -4.56. The highest BCUT2D eigenvalue weighted by atomic mass is 79.9. The van der Waals surface area contributed by atoms with Crippen molar-refractivity contribution >= 4 is 51.0 Å². The smallest absolute Gasteiger partial charge is 0.338 e. The predicted octanol–water partition coefficient (Wildman–Crippen LogP) is 6.26. The Morgan fingerprint density at radius 2 is 1.33 bits per heavy atom. The number of rotatable bonds is 5. The van der Waals surface area contributed by atoms with E-state index in [1.54, 1.807) is 24.3 Å². The number of anilines is 2. The number of nitrogens with one attached hydrogen (secondary N) is 1. The molecule has 0 spiro atoms. The van der Waals surface area contributed by atoms with Crippen LogP contribution in [0.1, 0.15) is 55.6 Å². The molecular formula is C35H27BrN2O5. The summed E-state index contributed by atoms with van der Waals surface area (Å²) in [6.07, 6.45) is 0. The molecule has 1 fully saturated rings. The fourth-order valence-corrected chi connectivity index (χ4v) is 7.46. The van der Waals surface area contributed by atoms with Crippen LogP contribution < -0.4 is 10.2 Å². The van der Waals surface area contributed by atoms with Gasteiger partial charge in [0, 0.05) is 22.0 Å². The van der Waals surface area contributed by atoms with Crippen LogP contribution in [0.3, 0.4) is 0 Å². The van der Waals surface area contributed by atoms with Crippen molar-refractivity contribution in [2.24, 2.45) is 11.8 Å². The second-order valence-electron chi connectivity index (χ2n) is 11.3. The molecule has 0 unspecified atom stereocenters. The van der Waals surface area contributed by atoms with E-state index < -0.39 is 30.3 Å². The van der Waals surface area contributed by atoms with Crippen molar-refractivity contribution < 1.29 is 23.9 Å². The fourth-order valence-electron chi connectivity index (χ4n) is 7.03. The van der Waals surface area contributed by atoms with E-state index in [0.29, 0.717) is 11.4 Å². The summed E-state index contributed by atoms with van der Waals surface area (Å²) >= 11 is 3.47. The molecule has 2 bridgehead atoms. The van der Waals surface area contributed by atoms with E-state index in [0.717, 1.165) is 37.9 Å². The third kappa shape index (κ3) is 4.23. The summed E-state index contributed by atoms with van der Waals surface area (Å²) < 4.78 is 6.24. The Labute approximate surface area is 257 Å². The molecule has 1 N–H and O–H groups in total. The number of carbonyl (C=O) groups is 4. The van der Waals surface area contributed by atoms with Gasteiger partial charge in [0.1, 0.15) is 0 Å². The molecule has 1 aliphatic heterocycles. The molecule has 0 saturated carbocycles. The number of carbonyl (C=O) groups excluding carboxylic acids is 4. The number of imide groups is 1. The summed E-state index contributed by atoms with van der Waals surface area (Å²) in [5, 5.41) is 2.78. The van der Waals surface area contributed by atoms with E-state index in [-0.39, 0.29) is 29.2 Å². The van der Waals surface area contributed by atoms with Gasteiger partial charge in [-0.05, 0) is 77.6 Å². The quantitative estimate of drug-likeness (QED) is 0.207. The zero-order chi connectivity index (χ0) is 30.0. The predicted molar refractivity (Wildman–Crippen MR) is 165 cm³/mol. The minimum absolute atomic E-state index is 0.144. The van der Waals surface area contributed by atoms with Crippen LogP contribution in [0.15, 0.2) is 89.4 Å². The summed E-state index contributed by atoms with van der Waals surface area (Å²) in [4.78, 5) is 54.8. The lowest BCUT2D eigenvalue weighted by atomic mass is 9.55. The highest BCUT2D eigenvalue weighted by molar-refractivity contribution is 9.10. The second-order valence-corrected chi connectivity index (χ2v) is 12.2. The van der Waals surface area contributed by atoms with Crippen molar-refractivity contribution in [3.8, 4) is 0 Å². The highest BCUT2D eigenvalue weighted by Gasteiger charge is 2.61. The van der Waals surface area contributed by atoms with Gasteiger partial charge in [-0.25, -0.2) is 9.69 Å². The zero-order valence-electron chi connectivity index (χ0n) is 23.5. The second kappa shape index (κ2) is 10.3. The zero-order valence-corrected chi connectivity index (χ0v) is 25.1. The number of benzene rings is 4. The standard InChI is InChI=1S/C35H27BrN2O5/c1-18-19(2)27(15-14-26(18)36)37-28(39)17-43-35(42)20-8-7-9-21(16-20)38-33(40)31-29-22-10-3-4-11-23(22)30(32(31)34(38)41)25-13-6-5-12-24(25)29/h3-16,29-32H,17H2,1-2H3,(H,37,39)/t29?,30?,31-,32-/m1/s1. The molecule has 0 radical (unpaired) electrons.